The van der Waals surface area contributed by atoms with Crippen molar-refractivity contribution in [2.24, 2.45) is 0 Å². The van der Waals surface area contributed by atoms with E-state index in [2.05, 4.69) is 168 Å². The number of thiophene rings is 2. The van der Waals surface area contributed by atoms with Gasteiger partial charge in [0, 0.05) is 73.3 Å². The normalized spacial score (nSPS) is 12.1. The molecule has 0 unspecified atom stereocenters. The van der Waals surface area contributed by atoms with Crippen LogP contribution in [0.15, 0.2) is 158 Å². The number of hydrogen-bond acceptors (Lipinski definition) is 3. The molecule has 0 aliphatic heterocycles. The molecule has 55 heavy (non-hydrogen) atoms. The lowest BCUT2D eigenvalue weighted by atomic mass is 10.0. The number of para-hydroxylation sites is 2. The molecular formula is C50H29N3S2. The third-order valence-corrected chi connectivity index (χ3v) is 13.7. The molecule has 256 valence electrons. The summed E-state index contributed by atoms with van der Waals surface area (Å²) in [5.41, 5.74) is 11.3. The third kappa shape index (κ3) is 4.47. The first-order valence-corrected chi connectivity index (χ1v) is 20.1. The van der Waals surface area contributed by atoms with Gasteiger partial charge in [0.15, 0.2) is 0 Å². The molecule has 0 saturated heterocycles. The fourth-order valence-corrected chi connectivity index (χ4v) is 11.0. The molecule has 0 aliphatic rings. The molecule has 0 amide bonds. The molecule has 4 aromatic heterocycles. The van der Waals surface area contributed by atoms with Gasteiger partial charge in [-0.15, -0.1) is 22.7 Å². The lowest BCUT2D eigenvalue weighted by Crippen LogP contribution is -1.93. The number of nitriles is 1. The SMILES string of the molecule is Cc1ccc2c3ccccc3n(-c3ccc4sc5ccc(-c6ccc7sc8ccc(-n9c%10ccccc%10c%10ccc(C#N)cc%109)cc8c7c6)cc5c4c3)c2c1. The second-order valence-electron chi connectivity index (χ2n) is 14.6. The minimum Gasteiger partial charge on any atom is -0.309 e. The van der Waals surface area contributed by atoms with Crippen LogP contribution < -0.4 is 0 Å². The van der Waals surface area contributed by atoms with E-state index < -0.39 is 0 Å². The number of rotatable bonds is 3. The number of aryl methyl sites for hydroxylation is 1. The molecule has 0 spiro atoms. The highest BCUT2D eigenvalue weighted by molar-refractivity contribution is 7.26. The summed E-state index contributed by atoms with van der Waals surface area (Å²) in [5.74, 6) is 0. The fourth-order valence-electron chi connectivity index (χ4n) is 8.85. The lowest BCUT2D eigenvalue weighted by molar-refractivity contribution is 1.18. The summed E-state index contributed by atoms with van der Waals surface area (Å²) < 4.78 is 9.87. The van der Waals surface area contributed by atoms with E-state index in [-0.39, 0.29) is 0 Å². The van der Waals surface area contributed by atoms with Gasteiger partial charge in [0.05, 0.1) is 33.7 Å². The summed E-state index contributed by atoms with van der Waals surface area (Å²) >= 11 is 3.70. The highest BCUT2D eigenvalue weighted by atomic mass is 32.1. The van der Waals surface area contributed by atoms with Crippen LogP contribution in [0, 0.1) is 18.3 Å². The Balaban J connectivity index is 1.01. The van der Waals surface area contributed by atoms with Gasteiger partial charge in [-0.1, -0.05) is 66.7 Å². The topological polar surface area (TPSA) is 33.6 Å². The van der Waals surface area contributed by atoms with E-state index in [1.807, 2.05) is 34.8 Å². The highest BCUT2D eigenvalue weighted by Crippen LogP contribution is 2.42. The molecular weight excluding hydrogens is 707 g/mol. The van der Waals surface area contributed by atoms with Crippen LogP contribution in [0.4, 0.5) is 0 Å². The van der Waals surface area contributed by atoms with Crippen LogP contribution in [0.2, 0.25) is 0 Å². The molecule has 5 heteroatoms. The van der Waals surface area contributed by atoms with Gasteiger partial charge >= 0.3 is 0 Å². The van der Waals surface area contributed by atoms with Crippen molar-refractivity contribution in [1.29, 1.82) is 5.26 Å². The average molecular weight is 736 g/mol. The Morgan fingerprint density at radius 3 is 1.40 bits per heavy atom. The molecule has 0 atom stereocenters. The van der Waals surface area contributed by atoms with Gasteiger partial charge in [-0.25, -0.2) is 0 Å². The van der Waals surface area contributed by atoms with Crippen molar-refractivity contribution < 1.29 is 0 Å². The first-order valence-electron chi connectivity index (χ1n) is 18.5. The maximum Gasteiger partial charge on any atom is 0.0992 e. The summed E-state index contributed by atoms with van der Waals surface area (Å²) in [6.45, 7) is 2.17. The van der Waals surface area contributed by atoms with Gasteiger partial charge in [0.2, 0.25) is 0 Å². The first kappa shape index (κ1) is 30.7. The highest BCUT2D eigenvalue weighted by Gasteiger charge is 2.17. The van der Waals surface area contributed by atoms with E-state index in [4.69, 9.17) is 0 Å². The van der Waals surface area contributed by atoms with E-state index in [1.165, 1.54) is 89.9 Å². The number of aromatic nitrogens is 2. The molecule has 0 saturated carbocycles. The van der Waals surface area contributed by atoms with Crippen LogP contribution >= 0.6 is 22.7 Å². The molecule has 0 fully saturated rings. The van der Waals surface area contributed by atoms with Gasteiger partial charge in [-0.2, -0.15) is 5.26 Å². The van der Waals surface area contributed by atoms with E-state index in [9.17, 15) is 5.26 Å². The van der Waals surface area contributed by atoms with Crippen molar-refractivity contribution in [2.75, 3.05) is 0 Å². The first-order chi connectivity index (χ1) is 27.1. The van der Waals surface area contributed by atoms with Crippen molar-refractivity contribution >= 4 is 107 Å². The maximum absolute atomic E-state index is 9.75. The van der Waals surface area contributed by atoms with Crippen LogP contribution in [0.25, 0.3) is 106 Å². The maximum atomic E-state index is 9.75. The summed E-state index contributed by atoms with van der Waals surface area (Å²) in [7, 11) is 0. The van der Waals surface area contributed by atoms with Crippen LogP contribution in [0.3, 0.4) is 0 Å². The molecule has 3 nitrogen and oxygen atoms in total. The summed E-state index contributed by atoms with van der Waals surface area (Å²) in [5, 5.41) is 19.7. The van der Waals surface area contributed by atoms with Gasteiger partial charge < -0.3 is 9.13 Å². The Kier molecular flexibility index (Phi) is 6.37. The molecule has 8 aromatic carbocycles. The number of nitrogens with zero attached hydrogens (tertiary/aromatic N) is 3. The standard InChI is InChI=1S/C50H29N3S2/c1-29-10-16-37-35-6-2-4-8-43(35)52(45(37)22-29)33-14-20-49-41(26-33)39-24-31(12-18-47(39)54-49)32-13-19-48-40(25-32)42-27-34(15-21-50(42)55-48)53-44-9-5-3-7-36(44)38-17-11-30(28-51)23-46(38)53/h2-27H,1H3. The van der Waals surface area contributed by atoms with Gasteiger partial charge in [0.25, 0.3) is 0 Å². The molecule has 4 heterocycles. The van der Waals surface area contributed by atoms with E-state index in [1.54, 1.807) is 0 Å². The average Bonchev–Trinajstić information content (AvgIpc) is 3.97. The molecule has 12 aromatic rings. The summed E-state index contributed by atoms with van der Waals surface area (Å²) in [6, 6.07) is 60.1. The fraction of sp³-hybridized carbons (Fsp3) is 0.0200. The third-order valence-electron chi connectivity index (χ3n) is 11.4. The minimum absolute atomic E-state index is 0.664. The second kappa shape index (κ2) is 11.4. The zero-order valence-corrected chi connectivity index (χ0v) is 31.3. The van der Waals surface area contributed by atoms with Crippen molar-refractivity contribution in [2.45, 2.75) is 6.92 Å². The Hall–Kier alpha value is -6.71. The van der Waals surface area contributed by atoms with Crippen LogP contribution in [0.1, 0.15) is 11.1 Å². The van der Waals surface area contributed by atoms with Gasteiger partial charge in [-0.05, 0) is 115 Å². The summed E-state index contributed by atoms with van der Waals surface area (Å²) in [4.78, 5) is 0. The van der Waals surface area contributed by atoms with Gasteiger partial charge in [-0.3, -0.25) is 0 Å². The van der Waals surface area contributed by atoms with E-state index >= 15 is 0 Å². The zero-order valence-electron chi connectivity index (χ0n) is 29.7. The number of hydrogen-bond donors (Lipinski definition) is 0. The van der Waals surface area contributed by atoms with Crippen molar-refractivity contribution in [3.8, 4) is 28.6 Å². The molecule has 0 aliphatic carbocycles. The van der Waals surface area contributed by atoms with Crippen LogP contribution in [-0.4, -0.2) is 9.13 Å². The van der Waals surface area contributed by atoms with Crippen LogP contribution in [0.5, 0.6) is 0 Å². The number of benzene rings is 8. The Bertz CT molecular complexity index is 3640. The monoisotopic (exact) mass is 735 g/mol. The predicted octanol–water partition coefficient (Wildman–Crippen LogP) is 14.5. The number of fused-ring (bicyclic) bond motifs is 12. The van der Waals surface area contributed by atoms with Crippen molar-refractivity contribution in [3.63, 3.8) is 0 Å². The predicted molar refractivity (Wildman–Crippen MR) is 236 cm³/mol. The molecule has 0 radical (unpaired) electrons. The van der Waals surface area contributed by atoms with Crippen molar-refractivity contribution in [1.82, 2.24) is 9.13 Å². The van der Waals surface area contributed by atoms with Crippen molar-refractivity contribution in [3.05, 3.63) is 169 Å². The van der Waals surface area contributed by atoms with Crippen LogP contribution in [-0.2, 0) is 0 Å². The van der Waals surface area contributed by atoms with E-state index in [0.29, 0.717) is 5.56 Å². The minimum atomic E-state index is 0.664. The zero-order chi connectivity index (χ0) is 36.4. The van der Waals surface area contributed by atoms with E-state index in [0.717, 1.165) is 22.1 Å². The van der Waals surface area contributed by atoms with Gasteiger partial charge in [0.1, 0.15) is 0 Å². The second-order valence-corrected chi connectivity index (χ2v) is 16.7. The Morgan fingerprint density at radius 1 is 0.400 bits per heavy atom. The molecule has 12 rings (SSSR count). The molecule has 0 N–H and O–H groups in total. The summed E-state index contributed by atoms with van der Waals surface area (Å²) in [6.07, 6.45) is 0. The molecule has 0 bridgehead atoms. The Morgan fingerprint density at radius 2 is 0.855 bits per heavy atom. The Labute approximate surface area is 323 Å². The lowest BCUT2D eigenvalue weighted by Gasteiger charge is -2.09. The largest absolute Gasteiger partial charge is 0.309 e. The quantitative estimate of drug-likeness (QED) is 0.178. The smallest absolute Gasteiger partial charge is 0.0992 e.